The molecule has 0 spiro atoms. The Morgan fingerprint density at radius 3 is 2.44 bits per heavy atom. The standard InChI is InChI=1S/C10H15ClN2O3/c1-3-5-6-13-8(15)10(11,4-2)7(14)12-9(13)16/h3-6H2,1-2H3,(H,12,14,16). The van der Waals surface area contributed by atoms with Gasteiger partial charge in [0.05, 0.1) is 0 Å². The van der Waals surface area contributed by atoms with Crippen molar-refractivity contribution >= 4 is 29.4 Å². The number of barbiturate groups is 1. The highest BCUT2D eigenvalue weighted by atomic mass is 35.5. The molecule has 0 aliphatic carbocycles. The summed E-state index contributed by atoms with van der Waals surface area (Å²) in [5.74, 6) is -1.33. The number of nitrogens with one attached hydrogen (secondary N) is 1. The van der Waals surface area contributed by atoms with Gasteiger partial charge in [0.15, 0.2) is 0 Å². The number of alkyl halides is 1. The van der Waals surface area contributed by atoms with Crippen LogP contribution in [0.5, 0.6) is 0 Å². The van der Waals surface area contributed by atoms with Crippen LogP contribution in [-0.4, -0.2) is 34.2 Å². The van der Waals surface area contributed by atoms with Crippen molar-refractivity contribution < 1.29 is 14.4 Å². The van der Waals surface area contributed by atoms with Crippen LogP contribution in [0.25, 0.3) is 0 Å². The molecule has 0 saturated carbocycles. The van der Waals surface area contributed by atoms with E-state index in [1.807, 2.05) is 6.92 Å². The smallest absolute Gasteiger partial charge is 0.276 e. The fourth-order valence-electron chi connectivity index (χ4n) is 1.50. The summed E-state index contributed by atoms with van der Waals surface area (Å²) in [6.07, 6.45) is 1.71. The third kappa shape index (κ3) is 2.04. The van der Waals surface area contributed by atoms with Gasteiger partial charge in [0.25, 0.3) is 11.8 Å². The van der Waals surface area contributed by atoms with Crippen molar-refractivity contribution in [2.75, 3.05) is 6.54 Å². The fraction of sp³-hybridized carbons (Fsp3) is 0.700. The molecular formula is C10H15ClN2O3. The van der Waals surface area contributed by atoms with Crippen LogP contribution in [0.15, 0.2) is 0 Å². The zero-order valence-electron chi connectivity index (χ0n) is 9.38. The Hall–Kier alpha value is -1.10. The van der Waals surface area contributed by atoms with Crippen molar-refractivity contribution in [2.24, 2.45) is 0 Å². The van der Waals surface area contributed by atoms with E-state index < -0.39 is 22.7 Å². The lowest BCUT2D eigenvalue weighted by Crippen LogP contribution is -2.65. The SMILES string of the molecule is CCCCN1C(=O)NC(=O)C(Cl)(CC)C1=O. The van der Waals surface area contributed by atoms with Crippen LogP contribution in [0.3, 0.4) is 0 Å². The lowest BCUT2D eigenvalue weighted by molar-refractivity contribution is -0.140. The van der Waals surface area contributed by atoms with Crippen molar-refractivity contribution in [3.63, 3.8) is 0 Å². The Morgan fingerprint density at radius 2 is 1.94 bits per heavy atom. The predicted octanol–water partition coefficient (Wildman–Crippen LogP) is 1.25. The fourth-order valence-corrected chi connectivity index (χ4v) is 1.65. The van der Waals surface area contributed by atoms with Crippen LogP contribution in [0.1, 0.15) is 33.1 Å². The summed E-state index contributed by atoms with van der Waals surface area (Å²) >= 11 is 5.94. The second-order valence-electron chi connectivity index (χ2n) is 3.72. The van der Waals surface area contributed by atoms with Crippen molar-refractivity contribution in [1.82, 2.24) is 10.2 Å². The van der Waals surface area contributed by atoms with Gasteiger partial charge in [0.2, 0.25) is 4.87 Å². The molecule has 6 heteroatoms. The monoisotopic (exact) mass is 246 g/mol. The van der Waals surface area contributed by atoms with E-state index in [4.69, 9.17) is 11.6 Å². The zero-order valence-corrected chi connectivity index (χ0v) is 10.1. The molecule has 90 valence electrons. The lowest BCUT2D eigenvalue weighted by Gasteiger charge is -2.34. The molecular weight excluding hydrogens is 232 g/mol. The molecule has 1 heterocycles. The first-order valence-corrected chi connectivity index (χ1v) is 5.71. The quantitative estimate of drug-likeness (QED) is 0.600. The van der Waals surface area contributed by atoms with Crippen LogP contribution >= 0.6 is 11.6 Å². The molecule has 1 saturated heterocycles. The van der Waals surface area contributed by atoms with E-state index in [1.165, 1.54) is 0 Å². The van der Waals surface area contributed by atoms with E-state index in [9.17, 15) is 14.4 Å². The minimum atomic E-state index is -1.62. The van der Waals surface area contributed by atoms with Gasteiger partial charge in [-0.05, 0) is 12.8 Å². The first-order chi connectivity index (χ1) is 7.47. The van der Waals surface area contributed by atoms with Gasteiger partial charge < -0.3 is 0 Å². The van der Waals surface area contributed by atoms with Gasteiger partial charge in [-0.25, -0.2) is 4.79 Å². The van der Waals surface area contributed by atoms with Gasteiger partial charge in [-0.1, -0.05) is 31.9 Å². The summed E-state index contributed by atoms with van der Waals surface area (Å²) in [6.45, 7) is 3.88. The highest BCUT2D eigenvalue weighted by Gasteiger charge is 2.51. The van der Waals surface area contributed by atoms with Crippen molar-refractivity contribution in [1.29, 1.82) is 0 Å². The topological polar surface area (TPSA) is 66.5 Å². The van der Waals surface area contributed by atoms with Crippen molar-refractivity contribution in [3.8, 4) is 0 Å². The minimum absolute atomic E-state index is 0.162. The first-order valence-electron chi connectivity index (χ1n) is 5.33. The molecule has 1 N–H and O–H groups in total. The van der Waals surface area contributed by atoms with Gasteiger partial charge in [-0.15, -0.1) is 0 Å². The number of urea groups is 1. The summed E-state index contributed by atoms with van der Waals surface area (Å²) in [5, 5.41) is 2.11. The summed E-state index contributed by atoms with van der Waals surface area (Å²) < 4.78 is 0. The minimum Gasteiger partial charge on any atom is -0.276 e. The number of imide groups is 2. The summed E-state index contributed by atoms with van der Waals surface area (Å²) in [5.41, 5.74) is 0. The lowest BCUT2D eigenvalue weighted by atomic mass is 10.0. The largest absolute Gasteiger partial charge is 0.330 e. The normalized spacial score (nSPS) is 25.9. The number of carbonyl (C=O) groups is 3. The van der Waals surface area contributed by atoms with E-state index in [0.717, 1.165) is 11.3 Å². The Kier molecular flexibility index (Phi) is 3.91. The molecule has 1 rings (SSSR count). The number of hydrogen-bond donors (Lipinski definition) is 1. The number of unbranched alkanes of at least 4 members (excludes halogenated alkanes) is 1. The molecule has 0 aromatic carbocycles. The van der Waals surface area contributed by atoms with Crippen LogP contribution < -0.4 is 5.32 Å². The average molecular weight is 247 g/mol. The maximum atomic E-state index is 11.9. The molecule has 1 aliphatic rings. The third-order valence-electron chi connectivity index (χ3n) is 2.63. The van der Waals surface area contributed by atoms with E-state index >= 15 is 0 Å². The third-order valence-corrected chi connectivity index (χ3v) is 3.23. The maximum Gasteiger partial charge on any atom is 0.330 e. The Bertz CT molecular complexity index is 332. The van der Waals surface area contributed by atoms with Gasteiger partial charge in [-0.2, -0.15) is 0 Å². The Labute approximate surface area is 99.1 Å². The van der Waals surface area contributed by atoms with Crippen molar-refractivity contribution in [3.05, 3.63) is 0 Å². The van der Waals surface area contributed by atoms with Crippen molar-refractivity contribution in [2.45, 2.75) is 38.0 Å². The summed E-state index contributed by atoms with van der Waals surface area (Å²) in [7, 11) is 0. The molecule has 5 nitrogen and oxygen atoms in total. The van der Waals surface area contributed by atoms with Crippen LogP contribution in [-0.2, 0) is 9.59 Å². The molecule has 1 atom stereocenters. The molecule has 0 aromatic rings. The van der Waals surface area contributed by atoms with E-state index in [-0.39, 0.29) is 6.42 Å². The van der Waals surface area contributed by atoms with Gasteiger partial charge in [0.1, 0.15) is 0 Å². The van der Waals surface area contributed by atoms with E-state index in [0.29, 0.717) is 13.0 Å². The molecule has 4 amide bonds. The number of hydrogen-bond acceptors (Lipinski definition) is 3. The second-order valence-corrected chi connectivity index (χ2v) is 4.37. The predicted molar refractivity (Wildman–Crippen MR) is 59.0 cm³/mol. The highest BCUT2D eigenvalue weighted by Crippen LogP contribution is 2.26. The second kappa shape index (κ2) is 4.82. The molecule has 0 radical (unpaired) electrons. The zero-order chi connectivity index (χ0) is 12.3. The van der Waals surface area contributed by atoms with Gasteiger partial charge >= 0.3 is 6.03 Å². The number of halogens is 1. The highest BCUT2D eigenvalue weighted by molar-refractivity contribution is 6.49. The Morgan fingerprint density at radius 1 is 1.31 bits per heavy atom. The number of nitrogens with zero attached hydrogens (tertiary/aromatic N) is 1. The molecule has 1 unspecified atom stereocenters. The molecule has 0 bridgehead atoms. The molecule has 16 heavy (non-hydrogen) atoms. The average Bonchev–Trinajstić information content (AvgIpc) is 2.26. The first kappa shape index (κ1) is 13.0. The Balaban J connectivity index is 2.90. The van der Waals surface area contributed by atoms with Gasteiger partial charge in [0, 0.05) is 6.54 Å². The molecule has 0 aromatic heterocycles. The van der Waals surface area contributed by atoms with Crippen LogP contribution in [0, 0.1) is 0 Å². The molecule has 1 aliphatic heterocycles. The number of rotatable bonds is 4. The van der Waals surface area contributed by atoms with Gasteiger partial charge in [-0.3, -0.25) is 19.8 Å². The van der Waals surface area contributed by atoms with Crippen LogP contribution in [0.4, 0.5) is 4.79 Å². The maximum absolute atomic E-state index is 11.9. The van der Waals surface area contributed by atoms with E-state index in [1.54, 1.807) is 6.92 Å². The molecule has 1 fully saturated rings. The summed E-state index contributed by atoms with van der Waals surface area (Å²) in [4.78, 5) is 34.2. The number of amides is 4. The summed E-state index contributed by atoms with van der Waals surface area (Å²) in [6, 6.07) is -0.673. The number of carbonyl (C=O) groups excluding carboxylic acids is 3. The van der Waals surface area contributed by atoms with E-state index in [2.05, 4.69) is 5.32 Å². The van der Waals surface area contributed by atoms with Crippen LogP contribution in [0.2, 0.25) is 0 Å².